The van der Waals surface area contributed by atoms with Gasteiger partial charge in [0.2, 0.25) is 0 Å². The number of amides is 1. The number of ether oxygens (including phenoxy) is 1. The van der Waals surface area contributed by atoms with E-state index in [9.17, 15) is 4.79 Å². The molecule has 0 aromatic heterocycles. The molecule has 0 unspecified atom stereocenters. The third-order valence-electron chi connectivity index (χ3n) is 3.65. The van der Waals surface area contributed by atoms with Crippen molar-refractivity contribution in [2.45, 2.75) is 40.3 Å². The Morgan fingerprint density at radius 1 is 1.43 bits per heavy atom. The van der Waals surface area contributed by atoms with Gasteiger partial charge in [0, 0.05) is 0 Å². The number of rotatable bonds is 5. The Labute approximate surface area is 139 Å². The summed E-state index contributed by atoms with van der Waals surface area (Å²) in [6.45, 7) is 10.7. The molecule has 0 aromatic rings. The fourth-order valence-corrected chi connectivity index (χ4v) is 13.2. The minimum atomic E-state index is -3.29. The van der Waals surface area contributed by atoms with E-state index in [1.165, 1.54) is 12.7 Å². The van der Waals surface area contributed by atoms with Gasteiger partial charge in [-0.15, -0.1) is 0 Å². The third kappa shape index (κ3) is 4.69. The van der Waals surface area contributed by atoms with Gasteiger partial charge >= 0.3 is 140 Å². The molecule has 0 radical (unpaired) electrons. The summed E-state index contributed by atoms with van der Waals surface area (Å²) in [5, 5.41) is 0. The van der Waals surface area contributed by atoms with E-state index >= 15 is 0 Å². The molecule has 0 bridgehead atoms. The number of allylic oxidation sites excluding steroid dienone is 4. The van der Waals surface area contributed by atoms with Crippen molar-refractivity contribution >= 4 is 30.6 Å². The van der Waals surface area contributed by atoms with E-state index in [4.69, 9.17) is 23.3 Å². The van der Waals surface area contributed by atoms with Crippen LogP contribution in [0.4, 0.5) is 0 Å². The Kier molecular flexibility index (Phi) is 6.39. The number of hydrogen-bond acceptors (Lipinski definition) is 2. The van der Waals surface area contributed by atoms with E-state index in [0.29, 0.717) is 0 Å². The molecule has 1 amide bonds. The van der Waals surface area contributed by atoms with Gasteiger partial charge in [-0.25, -0.2) is 0 Å². The molecular formula is C14H25Cl2NO2SiTi. The number of carbonyl (C=O) groups excluding carboxylic acids is 1. The molecule has 21 heavy (non-hydrogen) atoms. The predicted molar refractivity (Wildman–Crippen MR) is 89.4 cm³/mol. The molecule has 0 aromatic carbocycles. The van der Waals surface area contributed by atoms with Gasteiger partial charge in [-0.3, -0.25) is 0 Å². The Hall–Kier alpha value is 0.421. The van der Waals surface area contributed by atoms with Crippen LogP contribution in [-0.2, 0) is 23.3 Å². The number of halogens is 2. The van der Waals surface area contributed by atoms with Crippen molar-refractivity contribution in [1.82, 2.24) is 4.98 Å². The quantitative estimate of drug-likeness (QED) is 0.721. The summed E-state index contributed by atoms with van der Waals surface area (Å²) >= 11 is -3.29. The molecule has 7 heteroatoms. The van der Waals surface area contributed by atoms with E-state index in [1.54, 1.807) is 0 Å². The standard InChI is InChI=1S/C9H13.C5H12NO2Si.2ClH.Ti/c1-9(2,3)8-6-4-5-7-8;1-8-4-5(7)6-9(2)3;;;/h6-7H,4H2,1-3H3;4H2,1-3H3,(H,6,7);2*1H;/q;;;;+2/p-2. The second kappa shape index (κ2) is 6.90. The van der Waals surface area contributed by atoms with Crippen LogP contribution >= 0.6 is 18.6 Å². The van der Waals surface area contributed by atoms with E-state index in [2.05, 4.69) is 37.9 Å². The normalized spacial score (nSPS) is 16.6. The number of hydrogen-bond donors (Lipinski definition) is 1. The van der Waals surface area contributed by atoms with Gasteiger partial charge < -0.3 is 0 Å². The van der Waals surface area contributed by atoms with Crippen LogP contribution in [0.15, 0.2) is 21.6 Å². The van der Waals surface area contributed by atoms with Crippen molar-refractivity contribution < 1.29 is 23.3 Å². The van der Waals surface area contributed by atoms with Crippen LogP contribution in [0.3, 0.4) is 0 Å². The molecule has 120 valence electrons. The summed E-state index contributed by atoms with van der Waals surface area (Å²) in [7, 11) is 15.2. The Morgan fingerprint density at radius 2 is 2.00 bits per heavy atom. The zero-order valence-electron chi connectivity index (χ0n) is 13.6. The second-order valence-corrected chi connectivity index (χ2v) is 30.3. The molecule has 3 nitrogen and oxygen atoms in total. The molecule has 0 heterocycles. The molecule has 1 aliphatic carbocycles. The Balaban J connectivity index is 2.94. The molecule has 0 fully saturated rings. The molecular weight excluding hydrogens is 361 g/mol. The van der Waals surface area contributed by atoms with Gasteiger partial charge in [0.05, 0.1) is 0 Å². The van der Waals surface area contributed by atoms with E-state index in [-0.39, 0.29) is 17.9 Å². The molecule has 1 N–H and O–H groups in total. The van der Waals surface area contributed by atoms with Crippen LogP contribution in [0.5, 0.6) is 0 Å². The summed E-state index contributed by atoms with van der Waals surface area (Å²) in [5.41, 5.74) is 1.38. The first-order valence-corrected chi connectivity index (χ1v) is 17.4. The van der Waals surface area contributed by atoms with Crippen molar-refractivity contribution in [1.29, 1.82) is 0 Å². The molecule has 1 aliphatic rings. The van der Waals surface area contributed by atoms with Crippen molar-refractivity contribution in [3.63, 3.8) is 0 Å². The third-order valence-corrected chi connectivity index (χ3v) is 30.9. The first-order chi connectivity index (χ1) is 9.41. The van der Waals surface area contributed by atoms with Gasteiger partial charge in [-0.05, 0) is 0 Å². The topological polar surface area (TPSA) is 38.3 Å². The average Bonchev–Trinajstić information content (AvgIpc) is 2.77. The maximum absolute atomic E-state index is 11.8. The predicted octanol–water partition coefficient (Wildman–Crippen LogP) is 4.17. The van der Waals surface area contributed by atoms with Crippen molar-refractivity contribution in [2.24, 2.45) is 5.41 Å². The molecule has 0 saturated carbocycles. The van der Waals surface area contributed by atoms with Gasteiger partial charge in [0.25, 0.3) is 0 Å². The summed E-state index contributed by atoms with van der Waals surface area (Å²) < 4.78 is 6.02. The van der Waals surface area contributed by atoms with Gasteiger partial charge in [-0.2, -0.15) is 0 Å². The van der Waals surface area contributed by atoms with Gasteiger partial charge in [0.15, 0.2) is 0 Å². The zero-order valence-corrected chi connectivity index (χ0v) is 17.7. The molecule has 0 saturated heterocycles. The second-order valence-electron chi connectivity index (χ2n) is 6.96. The van der Waals surface area contributed by atoms with Crippen LogP contribution in [0.2, 0.25) is 13.1 Å². The monoisotopic (exact) mass is 385 g/mol. The summed E-state index contributed by atoms with van der Waals surface area (Å²) in [6.07, 6.45) is 2.94. The van der Waals surface area contributed by atoms with Crippen LogP contribution in [0.25, 0.3) is 0 Å². The maximum atomic E-state index is 11.8. The Morgan fingerprint density at radius 3 is 2.43 bits per heavy atom. The molecule has 1 rings (SSSR count). The number of nitrogens with one attached hydrogen (secondary N) is 1. The van der Waals surface area contributed by atoms with Crippen molar-refractivity contribution in [3.05, 3.63) is 21.6 Å². The average molecular weight is 386 g/mol. The van der Waals surface area contributed by atoms with Crippen LogP contribution in [0, 0.1) is 5.41 Å². The molecule has 0 spiro atoms. The first kappa shape index (κ1) is 19.5. The fraction of sp³-hybridized carbons (Fsp3) is 0.643. The summed E-state index contributed by atoms with van der Waals surface area (Å²) in [4.78, 5) is 14.9. The number of carbonyl (C=O) groups is 1. The Bertz CT molecular complexity index is 482. The number of methoxy groups -OCH3 is 1. The van der Waals surface area contributed by atoms with Crippen molar-refractivity contribution in [2.75, 3.05) is 13.7 Å². The van der Waals surface area contributed by atoms with Crippen LogP contribution in [0.1, 0.15) is 27.2 Å². The molecule has 0 aliphatic heterocycles. The van der Waals surface area contributed by atoms with Gasteiger partial charge in [0.1, 0.15) is 0 Å². The van der Waals surface area contributed by atoms with Crippen LogP contribution < -0.4 is 4.98 Å². The van der Waals surface area contributed by atoms with E-state index in [1.807, 2.05) is 13.1 Å². The van der Waals surface area contributed by atoms with Crippen molar-refractivity contribution in [3.8, 4) is 0 Å². The molecule has 0 atom stereocenters. The summed E-state index contributed by atoms with van der Waals surface area (Å²) in [6, 6.07) is 0. The summed E-state index contributed by atoms with van der Waals surface area (Å²) in [5.74, 6) is -0.131. The van der Waals surface area contributed by atoms with E-state index in [0.717, 1.165) is 10.3 Å². The first-order valence-electron chi connectivity index (χ1n) is 7.01. The van der Waals surface area contributed by atoms with E-state index < -0.39 is 19.8 Å². The SMILES string of the molecule is COCC(=O)N[Si](C)(C)[Ti]([Cl])([Cl])[C]1=CC(C(C)(C)C)=CC1. The zero-order chi connectivity index (χ0) is 16.5. The van der Waals surface area contributed by atoms with Crippen LogP contribution in [-0.4, -0.2) is 25.7 Å². The fourth-order valence-electron chi connectivity index (χ4n) is 2.26. The van der Waals surface area contributed by atoms with Gasteiger partial charge in [-0.1, -0.05) is 0 Å². The minimum absolute atomic E-state index is 0.0487.